The number of amides is 3. The summed E-state index contributed by atoms with van der Waals surface area (Å²) in [6.45, 7) is 10.9. The number of nitrogens with one attached hydrogen (secondary N) is 2. The molecule has 4 aliphatic rings. The number of carbonyl (C=O) groups is 3. The number of benzene rings is 2. The van der Waals surface area contributed by atoms with Gasteiger partial charge < -0.3 is 57.6 Å². The number of aryl methyl sites for hydroxylation is 1. The predicted octanol–water partition coefficient (Wildman–Crippen LogP) is 4.40. The summed E-state index contributed by atoms with van der Waals surface area (Å²) in [6.07, 6.45) is 10.1. The highest BCUT2D eigenvalue weighted by molar-refractivity contribution is 7.13. The highest BCUT2D eigenvalue weighted by Crippen LogP contribution is 2.36. The number of allylic oxidation sites excluding steroid dienone is 1. The van der Waals surface area contributed by atoms with Gasteiger partial charge in [0.15, 0.2) is 0 Å². The van der Waals surface area contributed by atoms with Gasteiger partial charge in [-0.25, -0.2) is 15.0 Å². The van der Waals surface area contributed by atoms with Crippen LogP contribution in [-0.2, 0) is 27.5 Å². The molecule has 8 rings (SSSR count). The van der Waals surface area contributed by atoms with E-state index in [1.54, 1.807) is 35.6 Å². The Labute approximate surface area is 415 Å². The lowest BCUT2D eigenvalue weighted by Crippen LogP contribution is -2.58. The number of aromatic nitrogens is 3. The molecule has 3 saturated heterocycles. The van der Waals surface area contributed by atoms with E-state index in [0.29, 0.717) is 48.5 Å². The average molecular weight is 975 g/mol. The van der Waals surface area contributed by atoms with Crippen molar-refractivity contribution < 1.29 is 24.6 Å². The first-order chi connectivity index (χ1) is 33.4. The van der Waals surface area contributed by atoms with Crippen LogP contribution in [0.1, 0.15) is 88.1 Å². The monoisotopic (exact) mass is 975 g/mol. The molecule has 18 heteroatoms. The number of aromatic hydroxyl groups is 1. The van der Waals surface area contributed by atoms with Crippen LogP contribution in [0.5, 0.6) is 5.75 Å². The standard InChI is InChI=1S/C52H70N12O5S/c1-31-45(70-30-59-31)35-14-10-32(11-15-35)22-56-49(68)43-20-39(65)29-63(43)50(69)46(52(2,3)4)60-48(67)36-16-12-33(13-17-36)25-61(5)26-34-23-57-51(58-24-34)64-37-18-19-38(64)28-62(27-37)42(47(54)55)21-41(53)40-8-6-7-9-44(40)66/h6-11,14-15,21,23-24,30,33,36-39,43,46,65-66H,12-13,16-20,22,25-29,53-55H2,1-5H3,(H,56,68)(H,60,67)/b41-21-/t33-,36+,37?,38?,39-,43+,46-/m1/s1. The lowest BCUT2D eigenvalue weighted by Gasteiger charge is -2.42. The minimum atomic E-state index is -0.870. The van der Waals surface area contributed by atoms with Gasteiger partial charge in [-0.3, -0.25) is 14.4 Å². The van der Waals surface area contributed by atoms with E-state index in [4.69, 9.17) is 27.2 Å². The summed E-state index contributed by atoms with van der Waals surface area (Å²) >= 11 is 1.58. The summed E-state index contributed by atoms with van der Waals surface area (Å²) in [5.74, 6) is 0.331. The SMILES string of the molecule is Cc1ncsc1-c1ccc(CNC(=O)[C@@H]2C[C@@H](O)CN2C(=O)[C@@H](NC(=O)[C@H]2CC[C@@H](CN(C)Cc3cnc(N4C5CCC4CN(C(/C=C(\N)c4ccccc4O)=C(N)N)C5)nc3)CC2)C(C)(C)C)cc1. The number of thiazole rings is 1. The van der Waals surface area contributed by atoms with Gasteiger partial charge in [0.25, 0.3) is 0 Å². The fraction of sp³-hybridized carbons (Fsp3) is 0.500. The molecule has 5 atom stereocenters. The van der Waals surface area contributed by atoms with Crippen molar-refractivity contribution in [2.75, 3.05) is 38.1 Å². The maximum absolute atomic E-state index is 14.3. The number of anilines is 1. The molecule has 17 nitrogen and oxygen atoms in total. The van der Waals surface area contributed by atoms with Crippen LogP contribution in [0.15, 0.2) is 84.0 Å². The minimum absolute atomic E-state index is 0.0270. The number of nitrogens with two attached hydrogens (primary N) is 3. The van der Waals surface area contributed by atoms with E-state index in [0.717, 1.165) is 72.3 Å². The zero-order chi connectivity index (χ0) is 49.9. The topological polar surface area (TPSA) is 245 Å². The number of hydrogen-bond donors (Lipinski definition) is 7. The summed E-state index contributed by atoms with van der Waals surface area (Å²) < 4.78 is 0. The van der Waals surface area contributed by atoms with E-state index >= 15 is 0 Å². The molecule has 0 spiro atoms. The molecule has 1 aliphatic carbocycles. The number of phenolic OH excluding ortho intramolecular Hbond substituents is 1. The summed E-state index contributed by atoms with van der Waals surface area (Å²) in [5, 5.41) is 27.1. The molecule has 2 aromatic carbocycles. The van der Waals surface area contributed by atoms with Crippen LogP contribution in [0.2, 0.25) is 0 Å². The van der Waals surface area contributed by atoms with E-state index in [9.17, 15) is 24.6 Å². The molecule has 2 bridgehead atoms. The maximum atomic E-state index is 14.3. The third-order valence-electron chi connectivity index (χ3n) is 14.5. The van der Waals surface area contributed by atoms with Crippen molar-refractivity contribution >= 4 is 40.7 Å². The highest BCUT2D eigenvalue weighted by Gasteiger charge is 2.46. The van der Waals surface area contributed by atoms with Crippen molar-refractivity contribution in [3.63, 3.8) is 0 Å². The summed E-state index contributed by atoms with van der Waals surface area (Å²) in [6, 6.07) is 13.5. The first-order valence-electron chi connectivity index (χ1n) is 24.5. The number of aliphatic hydroxyl groups is 1. The molecule has 4 aromatic rings. The number of nitrogens with zero attached hydrogens (tertiary/aromatic N) is 7. The smallest absolute Gasteiger partial charge is 0.246 e. The van der Waals surface area contributed by atoms with Crippen LogP contribution in [-0.4, -0.2) is 121 Å². The third kappa shape index (κ3) is 11.5. The number of piperazine rings is 1. The van der Waals surface area contributed by atoms with Crippen LogP contribution in [0.3, 0.4) is 0 Å². The lowest BCUT2D eigenvalue weighted by molar-refractivity contribution is -0.144. The molecular weight excluding hydrogens is 905 g/mol. The molecule has 0 radical (unpaired) electrons. The van der Waals surface area contributed by atoms with E-state index in [1.807, 2.05) is 75.9 Å². The average Bonchev–Trinajstić information content (AvgIpc) is 4.02. The van der Waals surface area contributed by atoms with Crippen LogP contribution in [0.25, 0.3) is 16.1 Å². The van der Waals surface area contributed by atoms with Gasteiger partial charge >= 0.3 is 0 Å². The second-order valence-electron chi connectivity index (χ2n) is 20.8. The molecule has 10 N–H and O–H groups in total. The molecule has 374 valence electrons. The number of carbonyl (C=O) groups excluding carboxylic acids is 3. The van der Waals surface area contributed by atoms with Crippen molar-refractivity contribution in [1.82, 2.24) is 40.3 Å². The summed E-state index contributed by atoms with van der Waals surface area (Å²) in [5.41, 5.74) is 25.5. The lowest BCUT2D eigenvalue weighted by atomic mass is 9.80. The molecule has 4 fully saturated rings. The Kier molecular flexibility index (Phi) is 15.3. The Morgan fingerprint density at radius 3 is 2.19 bits per heavy atom. The number of β-amino-alcohol motifs (C(OH)–C–C–N with tert-alkyl or cyclic N) is 1. The molecule has 3 aliphatic heterocycles. The number of para-hydroxylation sites is 1. The Morgan fingerprint density at radius 2 is 1.57 bits per heavy atom. The number of aliphatic hydroxyl groups excluding tert-OH is 1. The van der Waals surface area contributed by atoms with Gasteiger partial charge in [-0.05, 0) is 93.2 Å². The van der Waals surface area contributed by atoms with Gasteiger partial charge in [0.1, 0.15) is 23.7 Å². The van der Waals surface area contributed by atoms with Crippen molar-refractivity contribution in [3.05, 3.63) is 106 Å². The number of rotatable bonds is 15. The quantitative estimate of drug-likeness (QED) is 0.0817. The molecular formula is C52H70N12O5S. The Balaban J connectivity index is 0.796. The zero-order valence-corrected chi connectivity index (χ0v) is 41.9. The normalized spacial score (nSPS) is 23.1. The van der Waals surface area contributed by atoms with Gasteiger partial charge in [0.2, 0.25) is 23.7 Å². The molecule has 70 heavy (non-hydrogen) atoms. The van der Waals surface area contributed by atoms with Crippen molar-refractivity contribution in [3.8, 4) is 16.2 Å². The number of fused-ring (bicyclic) bond motifs is 2. The van der Waals surface area contributed by atoms with E-state index in [1.165, 1.54) is 4.90 Å². The van der Waals surface area contributed by atoms with Crippen molar-refractivity contribution in [2.45, 2.75) is 116 Å². The van der Waals surface area contributed by atoms with Crippen molar-refractivity contribution in [2.24, 2.45) is 34.5 Å². The van der Waals surface area contributed by atoms with E-state index in [2.05, 4.69) is 37.4 Å². The molecule has 5 heterocycles. The minimum Gasteiger partial charge on any atom is -0.507 e. The fourth-order valence-electron chi connectivity index (χ4n) is 10.8. The summed E-state index contributed by atoms with van der Waals surface area (Å²) in [4.78, 5) is 65.1. The molecule has 1 saturated carbocycles. The van der Waals surface area contributed by atoms with Gasteiger partial charge in [-0.1, -0.05) is 57.2 Å². The van der Waals surface area contributed by atoms with Crippen molar-refractivity contribution in [1.29, 1.82) is 0 Å². The number of likely N-dealkylation sites (tertiary alicyclic amines) is 2. The number of phenols is 1. The van der Waals surface area contributed by atoms with Crippen LogP contribution >= 0.6 is 11.3 Å². The Hall–Kier alpha value is -6.24. The van der Waals surface area contributed by atoms with E-state index in [-0.39, 0.29) is 66.8 Å². The Bertz CT molecular complexity index is 2530. The van der Waals surface area contributed by atoms with Gasteiger partial charge in [0, 0.05) is 92.9 Å². The highest BCUT2D eigenvalue weighted by atomic mass is 32.1. The van der Waals surface area contributed by atoms with Crippen LogP contribution in [0.4, 0.5) is 5.95 Å². The Morgan fingerprint density at radius 1 is 0.900 bits per heavy atom. The number of hydrogen-bond acceptors (Lipinski definition) is 15. The summed E-state index contributed by atoms with van der Waals surface area (Å²) in [7, 11) is 2.10. The maximum Gasteiger partial charge on any atom is 0.246 e. The first kappa shape index (κ1) is 50.2. The third-order valence-corrected chi connectivity index (χ3v) is 15.5. The van der Waals surface area contributed by atoms with Gasteiger partial charge in [-0.2, -0.15) is 0 Å². The zero-order valence-electron chi connectivity index (χ0n) is 41.1. The first-order valence-corrected chi connectivity index (χ1v) is 25.4. The fourth-order valence-corrected chi connectivity index (χ4v) is 11.6. The predicted molar refractivity (Wildman–Crippen MR) is 272 cm³/mol. The van der Waals surface area contributed by atoms with E-state index < -0.39 is 23.6 Å². The molecule has 2 unspecified atom stereocenters. The van der Waals surface area contributed by atoms with Crippen LogP contribution < -0.4 is 32.7 Å². The molecule has 3 amide bonds. The molecule has 2 aromatic heterocycles. The second-order valence-corrected chi connectivity index (χ2v) is 21.7. The van der Waals surface area contributed by atoms with Gasteiger partial charge in [0.05, 0.1) is 27.9 Å². The largest absolute Gasteiger partial charge is 0.507 e. The second kappa shape index (κ2) is 21.4. The van der Waals surface area contributed by atoms with Crippen LogP contribution in [0, 0.1) is 24.2 Å². The van der Waals surface area contributed by atoms with Gasteiger partial charge in [-0.15, -0.1) is 11.3 Å².